The number of anilines is 1. The monoisotopic (exact) mass is 393 g/mol. The molecule has 1 aliphatic rings. The number of amides is 1. The number of carbonyl (C=O) groups is 1. The standard InChI is InChI=1S/C21H23N5OS/c1-13-5-3-6-15(9-13)10-16-11-23-12-17(25-16)18-7-4-8-26(18)20(27)19-14(2)24-21(22)28-19/h3,5-6,9,11-12,18H,4,7-8,10H2,1-2H3,(H2,22,24). The van der Waals surface area contributed by atoms with Crippen LogP contribution in [0.1, 0.15) is 56.8 Å². The molecule has 3 heterocycles. The number of hydrogen-bond acceptors (Lipinski definition) is 6. The van der Waals surface area contributed by atoms with Crippen LogP contribution in [0.5, 0.6) is 0 Å². The van der Waals surface area contributed by atoms with Gasteiger partial charge < -0.3 is 10.6 Å². The maximum absolute atomic E-state index is 13.1. The molecule has 0 saturated carbocycles. The predicted molar refractivity (Wildman–Crippen MR) is 110 cm³/mol. The number of rotatable bonds is 4. The fraction of sp³-hybridized carbons (Fsp3) is 0.333. The Labute approximate surface area is 168 Å². The van der Waals surface area contributed by atoms with Gasteiger partial charge in [0.05, 0.1) is 29.3 Å². The summed E-state index contributed by atoms with van der Waals surface area (Å²) in [6, 6.07) is 8.35. The van der Waals surface area contributed by atoms with Gasteiger partial charge in [0.25, 0.3) is 5.91 Å². The summed E-state index contributed by atoms with van der Waals surface area (Å²) in [7, 11) is 0. The van der Waals surface area contributed by atoms with Gasteiger partial charge in [0.2, 0.25) is 0 Å². The molecule has 1 atom stereocenters. The first-order valence-corrected chi connectivity index (χ1v) is 10.2. The highest BCUT2D eigenvalue weighted by atomic mass is 32.1. The number of nitrogens with two attached hydrogens (primary N) is 1. The van der Waals surface area contributed by atoms with E-state index in [2.05, 4.69) is 41.2 Å². The van der Waals surface area contributed by atoms with Gasteiger partial charge in [-0.15, -0.1) is 0 Å². The number of likely N-dealkylation sites (tertiary alicyclic amines) is 1. The Hall–Kier alpha value is -2.80. The Kier molecular flexibility index (Phi) is 5.09. The van der Waals surface area contributed by atoms with E-state index in [1.165, 1.54) is 22.5 Å². The van der Waals surface area contributed by atoms with E-state index in [0.29, 0.717) is 22.2 Å². The molecule has 3 aromatic rings. The van der Waals surface area contributed by atoms with Crippen LogP contribution < -0.4 is 5.73 Å². The fourth-order valence-electron chi connectivity index (χ4n) is 3.76. The molecule has 1 unspecified atom stereocenters. The normalized spacial score (nSPS) is 16.5. The van der Waals surface area contributed by atoms with Crippen LogP contribution >= 0.6 is 11.3 Å². The zero-order chi connectivity index (χ0) is 19.7. The largest absolute Gasteiger partial charge is 0.375 e. The van der Waals surface area contributed by atoms with Crippen LogP contribution in [-0.2, 0) is 6.42 Å². The van der Waals surface area contributed by atoms with Crippen LogP contribution in [0.3, 0.4) is 0 Å². The lowest BCUT2D eigenvalue weighted by Crippen LogP contribution is -2.31. The van der Waals surface area contributed by atoms with Gasteiger partial charge in [-0.3, -0.25) is 14.8 Å². The predicted octanol–water partition coefficient (Wildman–Crippen LogP) is 3.70. The lowest BCUT2D eigenvalue weighted by atomic mass is 10.1. The number of aryl methyl sites for hydroxylation is 2. The average Bonchev–Trinajstić information content (AvgIpc) is 3.28. The summed E-state index contributed by atoms with van der Waals surface area (Å²) in [4.78, 5) is 29.0. The van der Waals surface area contributed by atoms with Crippen molar-refractivity contribution in [1.29, 1.82) is 0 Å². The van der Waals surface area contributed by atoms with Crippen LogP contribution in [-0.4, -0.2) is 32.3 Å². The smallest absolute Gasteiger partial charge is 0.266 e. The number of thiazole rings is 1. The van der Waals surface area contributed by atoms with Crippen molar-refractivity contribution in [2.24, 2.45) is 0 Å². The third-order valence-corrected chi connectivity index (χ3v) is 6.01. The van der Waals surface area contributed by atoms with E-state index >= 15 is 0 Å². The molecule has 0 aliphatic carbocycles. The Morgan fingerprint density at radius 3 is 2.89 bits per heavy atom. The van der Waals surface area contributed by atoms with Gasteiger partial charge in [0, 0.05) is 19.2 Å². The van der Waals surface area contributed by atoms with E-state index in [1.807, 2.05) is 11.8 Å². The summed E-state index contributed by atoms with van der Waals surface area (Å²) in [6.45, 7) is 4.62. The first kappa shape index (κ1) is 18.6. The topological polar surface area (TPSA) is 85.0 Å². The zero-order valence-corrected chi connectivity index (χ0v) is 16.9. The van der Waals surface area contributed by atoms with E-state index in [9.17, 15) is 4.79 Å². The highest BCUT2D eigenvalue weighted by Gasteiger charge is 2.33. The van der Waals surface area contributed by atoms with E-state index in [-0.39, 0.29) is 11.9 Å². The molecule has 144 valence electrons. The summed E-state index contributed by atoms with van der Waals surface area (Å²) in [5.74, 6) is -0.0138. The van der Waals surface area contributed by atoms with Gasteiger partial charge in [-0.1, -0.05) is 41.2 Å². The molecule has 0 spiro atoms. The number of benzene rings is 1. The van der Waals surface area contributed by atoms with E-state index < -0.39 is 0 Å². The number of carbonyl (C=O) groups excluding carboxylic acids is 1. The van der Waals surface area contributed by atoms with Crippen molar-refractivity contribution in [1.82, 2.24) is 19.9 Å². The molecule has 2 N–H and O–H groups in total. The molecular formula is C21H23N5OS. The molecule has 1 fully saturated rings. The van der Waals surface area contributed by atoms with E-state index in [1.54, 1.807) is 12.4 Å². The first-order valence-electron chi connectivity index (χ1n) is 9.41. The van der Waals surface area contributed by atoms with Crippen molar-refractivity contribution in [2.75, 3.05) is 12.3 Å². The molecule has 6 nitrogen and oxygen atoms in total. The first-order chi connectivity index (χ1) is 13.5. The number of nitrogens with zero attached hydrogens (tertiary/aromatic N) is 4. The fourth-order valence-corrected chi connectivity index (χ4v) is 4.55. The van der Waals surface area contributed by atoms with Crippen molar-refractivity contribution in [3.8, 4) is 0 Å². The molecule has 1 aromatic carbocycles. The molecule has 1 aliphatic heterocycles. The minimum Gasteiger partial charge on any atom is -0.375 e. The molecule has 28 heavy (non-hydrogen) atoms. The molecular weight excluding hydrogens is 370 g/mol. The molecule has 2 aromatic heterocycles. The Morgan fingerprint density at radius 1 is 1.29 bits per heavy atom. The maximum Gasteiger partial charge on any atom is 0.266 e. The summed E-state index contributed by atoms with van der Waals surface area (Å²) in [5, 5.41) is 0.427. The Bertz CT molecular complexity index is 1020. The van der Waals surface area contributed by atoms with Crippen LogP contribution in [0.15, 0.2) is 36.7 Å². The Balaban J connectivity index is 1.57. The minimum absolute atomic E-state index is 0.0138. The van der Waals surface area contributed by atoms with Crippen LogP contribution in [0, 0.1) is 13.8 Å². The molecule has 0 bridgehead atoms. The van der Waals surface area contributed by atoms with Crippen molar-refractivity contribution >= 4 is 22.4 Å². The molecule has 0 radical (unpaired) electrons. The average molecular weight is 394 g/mol. The van der Waals surface area contributed by atoms with Gasteiger partial charge in [0.1, 0.15) is 4.88 Å². The van der Waals surface area contributed by atoms with Crippen LogP contribution in [0.25, 0.3) is 0 Å². The highest BCUT2D eigenvalue weighted by Crippen LogP contribution is 2.34. The van der Waals surface area contributed by atoms with Gasteiger partial charge in [0.15, 0.2) is 5.13 Å². The van der Waals surface area contributed by atoms with Gasteiger partial charge in [-0.25, -0.2) is 4.98 Å². The maximum atomic E-state index is 13.1. The van der Waals surface area contributed by atoms with Gasteiger partial charge in [-0.05, 0) is 32.3 Å². The van der Waals surface area contributed by atoms with E-state index in [4.69, 9.17) is 10.7 Å². The number of nitrogen functional groups attached to an aromatic ring is 1. The second-order valence-corrected chi connectivity index (χ2v) is 8.25. The summed E-state index contributed by atoms with van der Waals surface area (Å²) < 4.78 is 0. The summed E-state index contributed by atoms with van der Waals surface area (Å²) >= 11 is 1.25. The number of aromatic nitrogens is 3. The van der Waals surface area contributed by atoms with Crippen molar-refractivity contribution in [3.05, 3.63) is 69.7 Å². The second-order valence-electron chi connectivity index (χ2n) is 7.22. The third-order valence-electron chi connectivity index (χ3n) is 5.03. The van der Waals surface area contributed by atoms with Crippen LogP contribution in [0.4, 0.5) is 5.13 Å². The second kappa shape index (κ2) is 7.67. The third kappa shape index (κ3) is 3.75. The van der Waals surface area contributed by atoms with Crippen LogP contribution in [0.2, 0.25) is 0 Å². The number of hydrogen-bond donors (Lipinski definition) is 1. The molecule has 7 heteroatoms. The van der Waals surface area contributed by atoms with Gasteiger partial charge in [-0.2, -0.15) is 0 Å². The lowest BCUT2D eigenvalue weighted by Gasteiger charge is -2.24. The van der Waals surface area contributed by atoms with Gasteiger partial charge >= 0.3 is 0 Å². The van der Waals surface area contributed by atoms with Crippen molar-refractivity contribution in [3.63, 3.8) is 0 Å². The van der Waals surface area contributed by atoms with Crippen molar-refractivity contribution in [2.45, 2.75) is 39.2 Å². The summed E-state index contributed by atoms with van der Waals surface area (Å²) in [5.41, 5.74) is 10.7. The zero-order valence-electron chi connectivity index (χ0n) is 16.1. The molecule has 4 rings (SSSR count). The lowest BCUT2D eigenvalue weighted by molar-refractivity contribution is 0.0736. The minimum atomic E-state index is -0.0554. The molecule has 1 saturated heterocycles. The molecule has 1 amide bonds. The Morgan fingerprint density at radius 2 is 2.14 bits per heavy atom. The quantitative estimate of drug-likeness (QED) is 0.730. The SMILES string of the molecule is Cc1cccc(Cc2cncc(C3CCCN3C(=O)c3sc(N)nc3C)n2)c1. The summed E-state index contributed by atoms with van der Waals surface area (Å²) in [6.07, 6.45) is 6.16. The van der Waals surface area contributed by atoms with Crippen molar-refractivity contribution < 1.29 is 4.79 Å². The van der Waals surface area contributed by atoms with E-state index in [0.717, 1.165) is 30.7 Å². The highest BCUT2D eigenvalue weighted by molar-refractivity contribution is 7.17.